The number of nitrogens with one attached hydrogen (secondary N) is 1. The summed E-state index contributed by atoms with van der Waals surface area (Å²) < 4.78 is 22.2. The Bertz CT molecular complexity index is 513. The van der Waals surface area contributed by atoms with Crippen LogP contribution in [0.25, 0.3) is 0 Å². The van der Waals surface area contributed by atoms with Gasteiger partial charge in [-0.2, -0.15) is 0 Å². The monoisotopic (exact) mass is 257 g/mol. The molecular formula is C10H15N3O3S. The first-order valence-electron chi connectivity index (χ1n) is 4.98. The first kappa shape index (κ1) is 13.4. The van der Waals surface area contributed by atoms with Gasteiger partial charge in [0, 0.05) is 18.5 Å². The Morgan fingerprint density at radius 2 is 2.24 bits per heavy atom. The fourth-order valence-corrected chi connectivity index (χ4v) is 2.44. The van der Waals surface area contributed by atoms with Crippen molar-refractivity contribution in [2.45, 2.75) is 13.0 Å². The first-order valence-corrected chi connectivity index (χ1v) is 7.04. The summed E-state index contributed by atoms with van der Waals surface area (Å²) in [5, 5.41) is 2.86. The number of primary amides is 1. The second-order valence-corrected chi connectivity index (χ2v) is 6.09. The molecule has 17 heavy (non-hydrogen) atoms. The number of amides is 1. The average Bonchev–Trinajstić information content (AvgIpc) is 2.14. The molecule has 0 aliphatic rings. The summed E-state index contributed by atoms with van der Waals surface area (Å²) in [6.45, 7) is 1.69. The van der Waals surface area contributed by atoms with E-state index in [4.69, 9.17) is 5.73 Å². The third-order valence-electron chi connectivity index (χ3n) is 2.01. The summed E-state index contributed by atoms with van der Waals surface area (Å²) in [5.74, 6) is -0.342. The minimum absolute atomic E-state index is 0.0399. The first-order chi connectivity index (χ1) is 7.79. The number of anilines is 1. The highest BCUT2D eigenvalue weighted by atomic mass is 32.2. The van der Waals surface area contributed by atoms with Crippen LogP contribution in [0, 0.1) is 0 Å². The molecule has 0 spiro atoms. The topological polar surface area (TPSA) is 102 Å². The van der Waals surface area contributed by atoms with Gasteiger partial charge >= 0.3 is 0 Å². The number of carbonyl (C=O) groups excluding carboxylic acids is 1. The molecule has 6 nitrogen and oxygen atoms in total. The van der Waals surface area contributed by atoms with Crippen molar-refractivity contribution in [1.29, 1.82) is 0 Å². The number of aromatic nitrogens is 1. The number of pyridine rings is 1. The molecule has 1 amide bonds. The molecule has 0 radical (unpaired) electrons. The van der Waals surface area contributed by atoms with Crippen LogP contribution in [0.1, 0.15) is 17.3 Å². The van der Waals surface area contributed by atoms with Crippen molar-refractivity contribution < 1.29 is 13.2 Å². The van der Waals surface area contributed by atoms with E-state index in [1.807, 2.05) is 0 Å². The van der Waals surface area contributed by atoms with Crippen molar-refractivity contribution in [3.63, 3.8) is 0 Å². The van der Waals surface area contributed by atoms with Crippen molar-refractivity contribution in [3.05, 3.63) is 23.9 Å². The maximum atomic E-state index is 11.1. The van der Waals surface area contributed by atoms with Crippen molar-refractivity contribution in [1.82, 2.24) is 4.98 Å². The highest BCUT2D eigenvalue weighted by molar-refractivity contribution is 7.90. The normalized spacial score (nSPS) is 13.1. The second kappa shape index (κ2) is 5.13. The summed E-state index contributed by atoms with van der Waals surface area (Å²) in [6, 6.07) is 2.77. The van der Waals surface area contributed by atoms with Gasteiger partial charge in [0.15, 0.2) is 0 Å². The molecule has 1 aromatic heterocycles. The Labute approximate surface area is 100 Å². The zero-order chi connectivity index (χ0) is 13.1. The van der Waals surface area contributed by atoms with Crippen LogP contribution in [0.2, 0.25) is 0 Å². The number of hydrogen-bond donors (Lipinski definition) is 2. The van der Waals surface area contributed by atoms with E-state index in [2.05, 4.69) is 10.3 Å². The minimum atomic E-state index is -3.08. The molecule has 0 bridgehead atoms. The van der Waals surface area contributed by atoms with E-state index in [0.29, 0.717) is 5.82 Å². The number of nitrogens with zero attached hydrogens (tertiary/aromatic N) is 1. The van der Waals surface area contributed by atoms with Crippen LogP contribution >= 0.6 is 0 Å². The predicted molar refractivity (Wildman–Crippen MR) is 65.6 cm³/mol. The summed E-state index contributed by atoms with van der Waals surface area (Å²) in [7, 11) is -3.08. The molecule has 1 atom stereocenters. The van der Waals surface area contributed by atoms with Crippen LogP contribution in [-0.4, -0.2) is 37.4 Å². The molecule has 0 aliphatic carbocycles. The Morgan fingerprint density at radius 3 is 2.76 bits per heavy atom. The smallest absolute Gasteiger partial charge is 0.252 e. The largest absolute Gasteiger partial charge is 0.366 e. The van der Waals surface area contributed by atoms with Gasteiger partial charge in [-0.05, 0) is 19.1 Å². The van der Waals surface area contributed by atoms with Crippen LogP contribution in [-0.2, 0) is 9.84 Å². The lowest BCUT2D eigenvalue weighted by Gasteiger charge is -2.14. The lowest BCUT2D eigenvalue weighted by atomic mass is 10.2. The molecular weight excluding hydrogens is 242 g/mol. The van der Waals surface area contributed by atoms with Crippen molar-refractivity contribution in [2.75, 3.05) is 17.3 Å². The second-order valence-electron chi connectivity index (χ2n) is 3.90. The van der Waals surface area contributed by atoms with Gasteiger partial charge in [0.25, 0.3) is 5.91 Å². The fraction of sp³-hybridized carbons (Fsp3) is 0.400. The van der Waals surface area contributed by atoms with Crippen LogP contribution in [0.15, 0.2) is 18.3 Å². The van der Waals surface area contributed by atoms with E-state index in [1.54, 1.807) is 13.0 Å². The maximum absolute atomic E-state index is 11.1. The SMILES string of the molecule is CC(CS(C)(=O)=O)Nc1ncccc1C(N)=O. The molecule has 0 aliphatic heterocycles. The van der Waals surface area contributed by atoms with Gasteiger partial charge in [0.2, 0.25) is 0 Å². The minimum Gasteiger partial charge on any atom is -0.366 e. The van der Waals surface area contributed by atoms with Crippen molar-refractivity contribution in [3.8, 4) is 0 Å². The predicted octanol–water partition coefficient (Wildman–Crippen LogP) is 0.0255. The molecule has 94 valence electrons. The van der Waals surface area contributed by atoms with Crippen LogP contribution < -0.4 is 11.1 Å². The summed E-state index contributed by atoms with van der Waals surface area (Å²) in [4.78, 5) is 15.1. The fourth-order valence-electron chi connectivity index (χ4n) is 1.45. The molecule has 1 heterocycles. The third-order valence-corrected chi connectivity index (χ3v) is 3.11. The Morgan fingerprint density at radius 1 is 1.59 bits per heavy atom. The molecule has 1 rings (SSSR count). The number of sulfone groups is 1. The summed E-state index contributed by atoms with van der Waals surface area (Å²) in [5.41, 5.74) is 5.42. The summed E-state index contributed by atoms with van der Waals surface area (Å²) >= 11 is 0. The van der Waals surface area contributed by atoms with Gasteiger partial charge in [0.1, 0.15) is 15.7 Å². The van der Waals surface area contributed by atoms with E-state index in [9.17, 15) is 13.2 Å². The number of nitrogens with two attached hydrogens (primary N) is 1. The Balaban J connectivity index is 2.85. The lowest BCUT2D eigenvalue weighted by molar-refractivity contribution is 0.100. The summed E-state index contributed by atoms with van der Waals surface area (Å²) in [6.07, 6.45) is 2.65. The molecule has 7 heteroatoms. The van der Waals surface area contributed by atoms with E-state index < -0.39 is 15.7 Å². The Hall–Kier alpha value is -1.63. The Kier molecular flexibility index (Phi) is 4.06. The van der Waals surface area contributed by atoms with E-state index in [-0.39, 0.29) is 17.4 Å². The van der Waals surface area contributed by atoms with Gasteiger partial charge in [0.05, 0.1) is 11.3 Å². The lowest BCUT2D eigenvalue weighted by Crippen LogP contribution is -2.27. The number of carbonyl (C=O) groups is 1. The highest BCUT2D eigenvalue weighted by Gasteiger charge is 2.14. The average molecular weight is 257 g/mol. The highest BCUT2D eigenvalue weighted by Crippen LogP contribution is 2.12. The molecule has 1 unspecified atom stereocenters. The maximum Gasteiger partial charge on any atom is 0.252 e. The van der Waals surface area contributed by atoms with Gasteiger partial charge in [-0.25, -0.2) is 13.4 Å². The van der Waals surface area contributed by atoms with Crippen molar-refractivity contribution in [2.24, 2.45) is 5.73 Å². The van der Waals surface area contributed by atoms with E-state index >= 15 is 0 Å². The zero-order valence-electron chi connectivity index (χ0n) is 9.67. The van der Waals surface area contributed by atoms with Gasteiger partial charge < -0.3 is 11.1 Å². The molecule has 0 fully saturated rings. The van der Waals surface area contributed by atoms with Gasteiger partial charge in [-0.1, -0.05) is 0 Å². The van der Waals surface area contributed by atoms with Gasteiger partial charge in [-0.15, -0.1) is 0 Å². The van der Waals surface area contributed by atoms with E-state index in [1.165, 1.54) is 12.3 Å². The molecule has 1 aromatic rings. The van der Waals surface area contributed by atoms with Crippen LogP contribution in [0.5, 0.6) is 0 Å². The molecule has 0 saturated carbocycles. The zero-order valence-corrected chi connectivity index (χ0v) is 10.5. The van der Waals surface area contributed by atoms with E-state index in [0.717, 1.165) is 6.26 Å². The molecule has 0 aromatic carbocycles. The number of rotatable bonds is 5. The van der Waals surface area contributed by atoms with Crippen LogP contribution in [0.4, 0.5) is 5.82 Å². The van der Waals surface area contributed by atoms with Crippen LogP contribution in [0.3, 0.4) is 0 Å². The molecule has 0 saturated heterocycles. The standard InChI is InChI=1S/C10H15N3O3S/c1-7(6-17(2,15)16)13-10-8(9(11)14)4-3-5-12-10/h3-5,7H,6H2,1-2H3,(H2,11,14)(H,12,13). The van der Waals surface area contributed by atoms with Gasteiger partial charge in [-0.3, -0.25) is 4.79 Å². The quantitative estimate of drug-likeness (QED) is 0.774. The number of hydrogen-bond acceptors (Lipinski definition) is 5. The van der Waals surface area contributed by atoms with Crippen molar-refractivity contribution >= 4 is 21.6 Å². The third kappa shape index (κ3) is 4.39. The molecule has 3 N–H and O–H groups in total.